The Morgan fingerprint density at radius 1 is 1.53 bits per heavy atom. The van der Waals surface area contributed by atoms with E-state index in [-0.39, 0.29) is 0 Å². The summed E-state index contributed by atoms with van der Waals surface area (Å²) in [6.45, 7) is 2.05. The van der Waals surface area contributed by atoms with Crippen LogP contribution in [-0.2, 0) is 6.42 Å². The average Bonchev–Trinajstić information content (AvgIpc) is 2.92. The third kappa shape index (κ3) is 2.02. The number of rotatable bonds is 3. The number of methoxy groups -OCH3 is 1. The van der Waals surface area contributed by atoms with Gasteiger partial charge in [0.1, 0.15) is 16.7 Å². The molecule has 2 N–H and O–H groups in total. The predicted molar refractivity (Wildman–Crippen MR) is 72.7 cm³/mol. The van der Waals surface area contributed by atoms with Crippen LogP contribution in [0.3, 0.4) is 0 Å². The van der Waals surface area contributed by atoms with E-state index in [2.05, 4.69) is 6.07 Å². The van der Waals surface area contributed by atoms with E-state index in [0.29, 0.717) is 10.6 Å². The van der Waals surface area contributed by atoms with Crippen LogP contribution in [0.4, 0.5) is 5.69 Å². The number of nitrogens with zero attached hydrogens (tertiary/aromatic N) is 1. The van der Waals surface area contributed by atoms with Crippen molar-refractivity contribution in [2.24, 2.45) is 0 Å². The average molecular weight is 264 g/mol. The zero-order valence-electron chi connectivity index (χ0n) is 9.61. The molecule has 0 aliphatic rings. The Labute approximate surface area is 108 Å². The molecule has 2 aromatic heterocycles. The van der Waals surface area contributed by atoms with Gasteiger partial charge in [0.2, 0.25) is 0 Å². The molecule has 0 radical (unpaired) electrons. The van der Waals surface area contributed by atoms with Gasteiger partial charge in [0, 0.05) is 10.3 Å². The van der Waals surface area contributed by atoms with Crippen LogP contribution >= 0.6 is 22.7 Å². The van der Waals surface area contributed by atoms with Crippen molar-refractivity contribution in [2.75, 3.05) is 12.8 Å². The maximum absolute atomic E-state index is 9.01. The summed E-state index contributed by atoms with van der Waals surface area (Å²) in [5.41, 5.74) is 7.66. The van der Waals surface area contributed by atoms with Crippen molar-refractivity contribution < 1.29 is 4.74 Å². The van der Waals surface area contributed by atoms with Crippen molar-refractivity contribution in [1.82, 2.24) is 0 Å². The van der Waals surface area contributed by atoms with E-state index >= 15 is 0 Å². The normalized spacial score (nSPS) is 10.2. The lowest BCUT2D eigenvalue weighted by atomic mass is 10.1. The second-order valence-corrected chi connectivity index (χ2v) is 5.40. The van der Waals surface area contributed by atoms with Crippen LogP contribution in [0.5, 0.6) is 5.75 Å². The van der Waals surface area contributed by atoms with E-state index in [1.807, 2.05) is 18.4 Å². The molecule has 0 aliphatic heterocycles. The maximum Gasteiger partial charge on any atom is 0.130 e. The second kappa shape index (κ2) is 4.78. The van der Waals surface area contributed by atoms with Crippen LogP contribution in [0, 0.1) is 11.3 Å². The minimum absolute atomic E-state index is 0.601. The Hall–Kier alpha value is -1.51. The van der Waals surface area contributed by atoms with Gasteiger partial charge in [-0.3, -0.25) is 0 Å². The van der Waals surface area contributed by atoms with E-state index in [1.54, 1.807) is 18.4 Å². The Morgan fingerprint density at radius 3 is 2.82 bits per heavy atom. The lowest BCUT2D eigenvalue weighted by Gasteiger charge is -1.98. The SMILES string of the molecule is CCc1c(-c2cc(OC)cs2)sc(C#N)c1N. The van der Waals surface area contributed by atoms with Gasteiger partial charge in [-0.05, 0) is 18.1 Å². The van der Waals surface area contributed by atoms with E-state index < -0.39 is 0 Å². The number of nitrogen functional groups attached to an aromatic ring is 1. The summed E-state index contributed by atoms with van der Waals surface area (Å²) in [4.78, 5) is 2.80. The molecule has 0 atom stereocenters. The van der Waals surface area contributed by atoms with Crippen LogP contribution in [0.25, 0.3) is 9.75 Å². The van der Waals surface area contributed by atoms with Gasteiger partial charge in [0.15, 0.2) is 0 Å². The van der Waals surface area contributed by atoms with Gasteiger partial charge in [0.25, 0.3) is 0 Å². The lowest BCUT2D eigenvalue weighted by molar-refractivity contribution is 0.417. The Morgan fingerprint density at radius 2 is 2.29 bits per heavy atom. The third-order valence-corrected chi connectivity index (χ3v) is 4.78. The first kappa shape index (κ1) is 12.0. The molecule has 3 nitrogen and oxygen atoms in total. The number of hydrogen-bond acceptors (Lipinski definition) is 5. The number of nitriles is 1. The van der Waals surface area contributed by atoms with Crippen LogP contribution in [-0.4, -0.2) is 7.11 Å². The molecule has 88 valence electrons. The molecule has 2 rings (SSSR count). The van der Waals surface area contributed by atoms with Gasteiger partial charge >= 0.3 is 0 Å². The molecule has 0 aromatic carbocycles. The molecule has 0 spiro atoms. The van der Waals surface area contributed by atoms with Gasteiger partial charge in [-0.15, -0.1) is 22.7 Å². The number of ether oxygens (including phenoxy) is 1. The van der Waals surface area contributed by atoms with Crippen LogP contribution in [0.2, 0.25) is 0 Å². The van der Waals surface area contributed by atoms with Gasteiger partial charge in [-0.25, -0.2) is 0 Å². The van der Waals surface area contributed by atoms with Crippen molar-refractivity contribution in [2.45, 2.75) is 13.3 Å². The highest BCUT2D eigenvalue weighted by Gasteiger charge is 2.17. The number of nitrogens with two attached hydrogens (primary N) is 1. The molecule has 0 saturated heterocycles. The molecule has 0 unspecified atom stereocenters. The molecule has 2 heterocycles. The van der Waals surface area contributed by atoms with E-state index in [4.69, 9.17) is 15.7 Å². The summed E-state index contributed by atoms with van der Waals surface area (Å²) in [5.74, 6) is 0.845. The highest BCUT2D eigenvalue weighted by atomic mass is 32.1. The zero-order valence-corrected chi connectivity index (χ0v) is 11.2. The molecule has 0 saturated carbocycles. The topological polar surface area (TPSA) is 59.0 Å². The van der Waals surface area contributed by atoms with Gasteiger partial charge in [-0.2, -0.15) is 5.26 Å². The summed E-state index contributed by atoms with van der Waals surface area (Å²) in [6, 6.07) is 4.13. The molecule has 2 aromatic rings. The molecule has 17 heavy (non-hydrogen) atoms. The Bertz CT molecular complexity index is 578. The van der Waals surface area contributed by atoms with Crippen LogP contribution < -0.4 is 10.5 Å². The lowest BCUT2D eigenvalue weighted by Crippen LogP contribution is -1.90. The molecule has 0 bridgehead atoms. The van der Waals surface area contributed by atoms with Gasteiger partial charge in [-0.1, -0.05) is 6.92 Å². The maximum atomic E-state index is 9.01. The molecule has 0 amide bonds. The standard InChI is InChI=1S/C12H12N2OS2/c1-3-8-11(14)10(5-13)17-12(8)9-4-7(15-2)6-16-9/h4,6H,3,14H2,1-2H3. The van der Waals surface area contributed by atoms with Crippen molar-refractivity contribution >= 4 is 28.4 Å². The zero-order chi connectivity index (χ0) is 12.4. The highest BCUT2D eigenvalue weighted by molar-refractivity contribution is 7.22. The number of anilines is 1. The number of hydrogen-bond donors (Lipinski definition) is 1. The van der Waals surface area contributed by atoms with Crippen molar-refractivity contribution in [1.29, 1.82) is 5.26 Å². The predicted octanol–water partition coefficient (Wildman–Crippen LogP) is 3.50. The Balaban J connectivity index is 2.55. The van der Waals surface area contributed by atoms with Crippen LogP contribution in [0.1, 0.15) is 17.4 Å². The van der Waals surface area contributed by atoms with Crippen LogP contribution in [0.15, 0.2) is 11.4 Å². The van der Waals surface area contributed by atoms with E-state index in [1.165, 1.54) is 11.3 Å². The molecule has 0 fully saturated rings. The minimum Gasteiger partial charge on any atom is -0.496 e. The fourth-order valence-electron chi connectivity index (χ4n) is 1.66. The molecular formula is C12H12N2OS2. The molecule has 5 heteroatoms. The van der Waals surface area contributed by atoms with Gasteiger partial charge < -0.3 is 10.5 Å². The first-order chi connectivity index (χ1) is 8.21. The molecular weight excluding hydrogens is 252 g/mol. The smallest absolute Gasteiger partial charge is 0.130 e. The van der Waals surface area contributed by atoms with Crippen molar-refractivity contribution in [3.05, 3.63) is 21.9 Å². The fraction of sp³-hybridized carbons (Fsp3) is 0.250. The quantitative estimate of drug-likeness (QED) is 0.923. The fourth-order valence-corrected chi connectivity index (χ4v) is 3.77. The summed E-state index contributed by atoms with van der Waals surface area (Å²) in [7, 11) is 1.65. The third-order valence-electron chi connectivity index (χ3n) is 2.54. The Kier molecular flexibility index (Phi) is 3.36. The summed E-state index contributed by atoms with van der Waals surface area (Å²) in [5, 5.41) is 11.0. The number of thiophene rings is 2. The summed E-state index contributed by atoms with van der Waals surface area (Å²) < 4.78 is 5.17. The minimum atomic E-state index is 0.601. The largest absolute Gasteiger partial charge is 0.496 e. The first-order valence-corrected chi connectivity index (χ1v) is 6.85. The van der Waals surface area contributed by atoms with Crippen molar-refractivity contribution in [3.63, 3.8) is 0 Å². The first-order valence-electron chi connectivity index (χ1n) is 5.15. The van der Waals surface area contributed by atoms with Crippen molar-refractivity contribution in [3.8, 4) is 21.6 Å². The molecule has 0 aliphatic carbocycles. The summed E-state index contributed by atoms with van der Waals surface area (Å²) >= 11 is 3.07. The summed E-state index contributed by atoms with van der Waals surface area (Å²) in [6.07, 6.45) is 0.833. The highest BCUT2D eigenvalue weighted by Crippen LogP contribution is 2.42. The second-order valence-electron chi connectivity index (χ2n) is 3.47. The van der Waals surface area contributed by atoms with E-state index in [9.17, 15) is 0 Å². The van der Waals surface area contributed by atoms with Gasteiger partial charge in [0.05, 0.1) is 17.7 Å². The van der Waals surface area contributed by atoms with E-state index in [0.717, 1.165) is 27.5 Å². The monoisotopic (exact) mass is 264 g/mol.